The molecule has 162 valence electrons. The zero-order valence-electron chi connectivity index (χ0n) is 16.7. The van der Waals surface area contributed by atoms with Gasteiger partial charge in [-0.2, -0.15) is 5.10 Å². The molecule has 0 saturated carbocycles. The number of hydrogen-bond donors (Lipinski definition) is 3. The summed E-state index contributed by atoms with van der Waals surface area (Å²) in [5, 5.41) is 21.5. The SMILES string of the molecule is O=C(NCc1cc(Cl)ccc1Cl)c1[nH]nc2c1CCN(C(=O)c1ccc3[nH]nnc3c1)C2. The standard InChI is InChI=1S/C21H17Cl2N7O2/c22-13-2-3-15(23)12(7-13)9-24-20(31)19-14-5-6-30(10-18(14)25-28-19)21(32)11-1-4-16-17(8-11)27-29-26-16/h1-4,7-8H,5-6,9-10H2,(H,24,31)(H,25,28)(H,26,27,29). The molecule has 0 spiro atoms. The Bertz CT molecular complexity index is 1350. The quantitative estimate of drug-likeness (QED) is 0.424. The number of nitrogens with one attached hydrogen (secondary N) is 3. The minimum Gasteiger partial charge on any atom is -0.347 e. The van der Waals surface area contributed by atoms with Gasteiger partial charge >= 0.3 is 0 Å². The van der Waals surface area contributed by atoms with Gasteiger partial charge in [-0.15, -0.1) is 5.10 Å². The van der Waals surface area contributed by atoms with Crippen LogP contribution < -0.4 is 5.32 Å². The molecule has 1 aliphatic heterocycles. The number of amides is 2. The van der Waals surface area contributed by atoms with Crippen LogP contribution in [0.5, 0.6) is 0 Å². The lowest BCUT2D eigenvalue weighted by Gasteiger charge is -2.26. The number of carbonyl (C=O) groups is 2. The van der Waals surface area contributed by atoms with Crippen LogP contribution in [-0.2, 0) is 19.5 Å². The van der Waals surface area contributed by atoms with Gasteiger partial charge in [-0.3, -0.25) is 19.8 Å². The van der Waals surface area contributed by atoms with Crippen LogP contribution in [-0.4, -0.2) is 48.9 Å². The molecule has 11 heteroatoms. The highest BCUT2D eigenvalue weighted by atomic mass is 35.5. The van der Waals surface area contributed by atoms with E-state index in [-0.39, 0.29) is 18.4 Å². The Labute approximate surface area is 192 Å². The number of aromatic nitrogens is 5. The lowest BCUT2D eigenvalue weighted by molar-refractivity contribution is 0.0732. The van der Waals surface area contributed by atoms with Gasteiger partial charge in [0.1, 0.15) is 11.2 Å². The summed E-state index contributed by atoms with van der Waals surface area (Å²) in [6, 6.07) is 10.3. The summed E-state index contributed by atoms with van der Waals surface area (Å²) in [6.45, 7) is 1.03. The van der Waals surface area contributed by atoms with Gasteiger partial charge in [0.2, 0.25) is 0 Å². The molecular formula is C21H17Cl2N7O2. The van der Waals surface area contributed by atoms with Crippen LogP contribution in [0.2, 0.25) is 10.0 Å². The van der Waals surface area contributed by atoms with E-state index < -0.39 is 0 Å². The van der Waals surface area contributed by atoms with E-state index in [1.54, 1.807) is 41.3 Å². The van der Waals surface area contributed by atoms with Crippen molar-refractivity contribution in [3.63, 3.8) is 0 Å². The highest BCUT2D eigenvalue weighted by Crippen LogP contribution is 2.24. The lowest BCUT2D eigenvalue weighted by atomic mass is 10.0. The monoisotopic (exact) mass is 469 g/mol. The van der Waals surface area contributed by atoms with E-state index in [1.807, 2.05) is 0 Å². The third-order valence-electron chi connectivity index (χ3n) is 5.46. The topological polar surface area (TPSA) is 120 Å². The van der Waals surface area contributed by atoms with Crippen LogP contribution in [0.1, 0.15) is 37.7 Å². The van der Waals surface area contributed by atoms with Gasteiger partial charge in [0.05, 0.1) is 17.8 Å². The summed E-state index contributed by atoms with van der Waals surface area (Å²) in [5.74, 6) is -0.406. The van der Waals surface area contributed by atoms with Gasteiger partial charge in [0.15, 0.2) is 0 Å². The fourth-order valence-electron chi connectivity index (χ4n) is 3.77. The molecule has 3 N–H and O–H groups in total. The summed E-state index contributed by atoms with van der Waals surface area (Å²) < 4.78 is 0. The first-order valence-electron chi connectivity index (χ1n) is 9.88. The van der Waals surface area contributed by atoms with Crippen LogP contribution in [0.15, 0.2) is 36.4 Å². The molecule has 0 saturated heterocycles. The maximum absolute atomic E-state index is 13.0. The van der Waals surface area contributed by atoms with Crippen molar-refractivity contribution in [2.75, 3.05) is 6.54 Å². The van der Waals surface area contributed by atoms with Crippen molar-refractivity contribution in [2.24, 2.45) is 0 Å². The molecule has 4 aromatic rings. The number of H-pyrrole nitrogens is 2. The maximum Gasteiger partial charge on any atom is 0.269 e. The summed E-state index contributed by atoms with van der Waals surface area (Å²) >= 11 is 12.2. The fraction of sp³-hybridized carbons (Fsp3) is 0.190. The number of hydrogen-bond acceptors (Lipinski definition) is 5. The number of carbonyl (C=O) groups excluding carboxylic acids is 2. The first kappa shape index (κ1) is 20.5. The molecule has 3 heterocycles. The van der Waals surface area contributed by atoms with Crippen molar-refractivity contribution in [3.05, 3.63) is 74.5 Å². The minimum absolute atomic E-state index is 0.120. The third-order valence-corrected chi connectivity index (χ3v) is 6.06. The van der Waals surface area contributed by atoms with E-state index in [0.29, 0.717) is 52.0 Å². The van der Waals surface area contributed by atoms with Gasteiger partial charge in [-0.25, -0.2) is 0 Å². The smallest absolute Gasteiger partial charge is 0.269 e. The Hall–Kier alpha value is -3.43. The fourth-order valence-corrected chi connectivity index (χ4v) is 4.15. The minimum atomic E-state index is -0.286. The molecule has 5 rings (SSSR count). The van der Waals surface area contributed by atoms with Crippen molar-refractivity contribution in [2.45, 2.75) is 19.5 Å². The molecule has 0 aliphatic carbocycles. The zero-order valence-corrected chi connectivity index (χ0v) is 18.2. The predicted octanol–water partition coefficient (Wildman–Crippen LogP) is 3.12. The summed E-state index contributed by atoms with van der Waals surface area (Å²) in [4.78, 5) is 27.4. The van der Waals surface area contributed by atoms with Gasteiger partial charge < -0.3 is 10.2 Å². The van der Waals surface area contributed by atoms with E-state index in [2.05, 4.69) is 30.9 Å². The average Bonchev–Trinajstić information content (AvgIpc) is 3.44. The third kappa shape index (κ3) is 3.80. The second kappa shape index (κ2) is 8.25. The summed E-state index contributed by atoms with van der Waals surface area (Å²) in [5.41, 5.74) is 4.54. The molecule has 1 aliphatic rings. The van der Waals surface area contributed by atoms with Crippen LogP contribution in [0.25, 0.3) is 11.0 Å². The number of fused-ring (bicyclic) bond motifs is 2. The van der Waals surface area contributed by atoms with E-state index in [0.717, 1.165) is 16.6 Å². The number of rotatable bonds is 4. The van der Waals surface area contributed by atoms with Crippen LogP contribution in [0.4, 0.5) is 0 Å². The molecule has 0 fully saturated rings. The molecule has 2 aromatic carbocycles. The molecular weight excluding hydrogens is 453 g/mol. The zero-order chi connectivity index (χ0) is 22.2. The largest absolute Gasteiger partial charge is 0.347 e. The van der Waals surface area contributed by atoms with Crippen molar-refractivity contribution in [1.82, 2.24) is 35.8 Å². The van der Waals surface area contributed by atoms with Gasteiger partial charge in [-0.1, -0.05) is 28.4 Å². The number of halogens is 2. The van der Waals surface area contributed by atoms with E-state index in [9.17, 15) is 9.59 Å². The molecule has 9 nitrogen and oxygen atoms in total. The van der Waals surface area contributed by atoms with Crippen LogP contribution >= 0.6 is 23.2 Å². The van der Waals surface area contributed by atoms with Crippen molar-refractivity contribution in [3.8, 4) is 0 Å². The second-order valence-electron chi connectivity index (χ2n) is 7.46. The van der Waals surface area contributed by atoms with Gasteiger partial charge in [0.25, 0.3) is 11.8 Å². The van der Waals surface area contributed by atoms with E-state index in [4.69, 9.17) is 23.2 Å². The average molecular weight is 470 g/mol. The lowest BCUT2D eigenvalue weighted by Crippen LogP contribution is -2.36. The van der Waals surface area contributed by atoms with E-state index in [1.165, 1.54) is 0 Å². The highest BCUT2D eigenvalue weighted by Gasteiger charge is 2.28. The summed E-state index contributed by atoms with van der Waals surface area (Å²) in [7, 11) is 0. The Balaban J connectivity index is 1.28. The molecule has 0 bridgehead atoms. The Kier molecular flexibility index (Phi) is 5.28. The van der Waals surface area contributed by atoms with E-state index >= 15 is 0 Å². The summed E-state index contributed by atoms with van der Waals surface area (Å²) in [6.07, 6.45) is 0.518. The Morgan fingerprint density at radius 2 is 2.00 bits per heavy atom. The van der Waals surface area contributed by atoms with Crippen molar-refractivity contribution in [1.29, 1.82) is 0 Å². The van der Waals surface area contributed by atoms with Crippen molar-refractivity contribution >= 4 is 46.0 Å². The van der Waals surface area contributed by atoms with Crippen LogP contribution in [0.3, 0.4) is 0 Å². The maximum atomic E-state index is 13.0. The first-order chi connectivity index (χ1) is 15.5. The molecule has 32 heavy (non-hydrogen) atoms. The number of benzene rings is 2. The number of aromatic amines is 2. The Morgan fingerprint density at radius 1 is 1.12 bits per heavy atom. The normalized spacial score (nSPS) is 13.2. The molecule has 2 amide bonds. The van der Waals surface area contributed by atoms with Crippen molar-refractivity contribution < 1.29 is 9.59 Å². The molecule has 2 aromatic heterocycles. The highest BCUT2D eigenvalue weighted by molar-refractivity contribution is 6.33. The molecule has 0 atom stereocenters. The molecule has 0 radical (unpaired) electrons. The predicted molar refractivity (Wildman–Crippen MR) is 119 cm³/mol. The first-order valence-corrected chi connectivity index (χ1v) is 10.6. The van der Waals surface area contributed by atoms with Gasteiger partial charge in [-0.05, 0) is 48.4 Å². The molecule has 0 unspecified atom stereocenters. The van der Waals surface area contributed by atoms with Gasteiger partial charge in [0, 0.05) is 34.3 Å². The second-order valence-corrected chi connectivity index (χ2v) is 8.31. The number of nitrogens with zero attached hydrogens (tertiary/aromatic N) is 4. The Morgan fingerprint density at radius 3 is 2.88 bits per heavy atom. The van der Waals surface area contributed by atoms with Crippen LogP contribution in [0, 0.1) is 0 Å².